The van der Waals surface area contributed by atoms with E-state index >= 15 is 0 Å². The first-order chi connectivity index (χ1) is 7.28. The maximum Gasteiger partial charge on any atom is 0.0931 e. The molecule has 1 fully saturated rings. The van der Waals surface area contributed by atoms with Crippen molar-refractivity contribution in [2.75, 3.05) is 0 Å². The smallest absolute Gasteiger partial charge is 0.0931 e. The van der Waals surface area contributed by atoms with Crippen LogP contribution in [0.1, 0.15) is 39.2 Å². The average molecular weight is 202 g/mol. The number of aromatic amines is 1. The van der Waals surface area contributed by atoms with Crippen molar-refractivity contribution in [3.63, 3.8) is 0 Å². The second-order valence-electron chi connectivity index (χ2n) is 4.20. The van der Waals surface area contributed by atoms with Crippen LogP contribution in [0.5, 0.6) is 0 Å². The summed E-state index contributed by atoms with van der Waals surface area (Å²) < 4.78 is 0. The molecule has 1 aliphatic rings. The van der Waals surface area contributed by atoms with Gasteiger partial charge >= 0.3 is 0 Å². The molecule has 1 N–H and O–H groups in total. The summed E-state index contributed by atoms with van der Waals surface area (Å²) in [5.41, 5.74) is 4.13. The number of benzene rings is 1. The highest BCUT2D eigenvalue weighted by Gasteiger charge is 2.38. The van der Waals surface area contributed by atoms with Gasteiger partial charge in [-0.25, -0.2) is 4.98 Å². The number of hydrogen-bond acceptors (Lipinski definition) is 1. The first-order valence-electron chi connectivity index (χ1n) is 5.72. The maximum absolute atomic E-state index is 4.21. The number of hydrogen-bond donors (Lipinski definition) is 1. The van der Waals surface area contributed by atoms with Crippen molar-refractivity contribution in [3.8, 4) is 0 Å². The van der Waals surface area contributed by atoms with Crippen LogP contribution in [0.4, 0.5) is 0 Å². The standard InChI is InChI=1S/C11H12N2.C2H6/c1-11(4-5-11)8-2-3-9-10(6-8)13-7-12-9;1-2/h2-3,6-7H,4-5H2,1H3,(H,12,13);1-2H3. The van der Waals surface area contributed by atoms with Crippen molar-refractivity contribution >= 4 is 11.0 Å². The molecule has 3 rings (SSSR count). The van der Waals surface area contributed by atoms with Crippen LogP contribution in [0, 0.1) is 0 Å². The second-order valence-corrected chi connectivity index (χ2v) is 4.20. The molecule has 1 saturated carbocycles. The monoisotopic (exact) mass is 202 g/mol. The lowest BCUT2D eigenvalue weighted by Gasteiger charge is -2.07. The van der Waals surface area contributed by atoms with Gasteiger partial charge in [0.25, 0.3) is 0 Å². The van der Waals surface area contributed by atoms with Gasteiger partial charge in [0.1, 0.15) is 0 Å². The highest BCUT2D eigenvalue weighted by molar-refractivity contribution is 5.75. The van der Waals surface area contributed by atoms with E-state index in [1.807, 2.05) is 13.8 Å². The van der Waals surface area contributed by atoms with Crippen LogP contribution in [-0.4, -0.2) is 9.97 Å². The Kier molecular flexibility index (Phi) is 2.51. The van der Waals surface area contributed by atoms with Gasteiger partial charge < -0.3 is 4.98 Å². The third-order valence-electron chi connectivity index (χ3n) is 3.12. The summed E-state index contributed by atoms with van der Waals surface area (Å²) in [7, 11) is 0. The van der Waals surface area contributed by atoms with E-state index in [4.69, 9.17) is 0 Å². The average Bonchev–Trinajstić information content (AvgIpc) is 2.87. The van der Waals surface area contributed by atoms with Crippen LogP contribution in [0.15, 0.2) is 24.5 Å². The fraction of sp³-hybridized carbons (Fsp3) is 0.462. The van der Waals surface area contributed by atoms with Crippen LogP contribution in [0.25, 0.3) is 11.0 Å². The number of nitrogens with zero attached hydrogens (tertiary/aromatic N) is 1. The fourth-order valence-electron chi connectivity index (χ4n) is 1.79. The zero-order valence-electron chi connectivity index (χ0n) is 9.67. The number of aromatic nitrogens is 2. The van der Waals surface area contributed by atoms with Gasteiger partial charge in [-0.15, -0.1) is 0 Å². The Balaban J connectivity index is 0.000000404. The van der Waals surface area contributed by atoms with E-state index in [0.717, 1.165) is 11.0 Å². The molecule has 1 aromatic carbocycles. The summed E-state index contributed by atoms with van der Waals surface area (Å²) in [6.07, 6.45) is 4.41. The molecule has 80 valence electrons. The quantitative estimate of drug-likeness (QED) is 0.751. The van der Waals surface area contributed by atoms with Crippen LogP contribution >= 0.6 is 0 Å². The van der Waals surface area contributed by atoms with Crippen molar-refractivity contribution in [3.05, 3.63) is 30.1 Å². The molecule has 1 aromatic heterocycles. The molecule has 0 radical (unpaired) electrons. The van der Waals surface area contributed by atoms with Crippen molar-refractivity contribution in [2.45, 2.75) is 39.0 Å². The van der Waals surface area contributed by atoms with E-state index < -0.39 is 0 Å². The third kappa shape index (κ3) is 1.76. The van der Waals surface area contributed by atoms with Crippen LogP contribution in [0.3, 0.4) is 0 Å². The molecule has 0 spiro atoms. The van der Waals surface area contributed by atoms with Crippen LogP contribution < -0.4 is 0 Å². The van der Waals surface area contributed by atoms with Crippen LogP contribution in [0.2, 0.25) is 0 Å². The molecular weight excluding hydrogens is 184 g/mol. The molecular formula is C13H18N2. The lowest BCUT2D eigenvalue weighted by atomic mass is 9.98. The first-order valence-corrected chi connectivity index (χ1v) is 5.72. The Bertz CT molecular complexity index is 452. The van der Waals surface area contributed by atoms with E-state index in [2.05, 4.69) is 35.1 Å². The molecule has 2 aromatic rings. The van der Waals surface area contributed by atoms with E-state index in [9.17, 15) is 0 Å². The highest BCUT2D eigenvalue weighted by Crippen LogP contribution is 2.47. The van der Waals surface area contributed by atoms with E-state index in [-0.39, 0.29) is 0 Å². The molecule has 0 atom stereocenters. The minimum absolute atomic E-state index is 0.458. The molecule has 2 nitrogen and oxygen atoms in total. The molecule has 15 heavy (non-hydrogen) atoms. The molecule has 1 aliphatic carbocycles. The minimum Gasteiger partial charge on any atom is -0.345 e. The number of imidazole rings is 1. The SMILES string of the molecule is CC.CC1(c2ccc3nc[nH]c3c2)CC1. The molecule has 0 saturated heterocycles. The summed E-state index contributed by atoms with van der Waals surface area (Å²) in [6.45, 7) is 6.32. The van der Waals surface area contributed by atoms with Gasteiger partial charge in [0.15, 0.2) is 0 Å². The molecule has 1 heterocycles. The Morgan fingerprint density at radius 3 is 2.67 bits per heavy atom. The zero-order valence-corrected chi connectivity index (χ0v) is 9.67. The molecule has 0 unspecified atom stereocenters. The number of nitrogens with one attached hydrogen (secondary N) is 1. The Hall–Kier alpha value is -1.31. The number of rotatable bonds is 1. The summed E-state index contributed by atoms with van der Waals surface area (Å²) in [5.74, 6) is 0. The van der Waals surface area contributed by atoms with Gasteiger partial charge in [-0.1, -0.05) is 26.8 Å². The minimum atomic E-state index is 0.458. The molecule has 0 bridgehead atoms. The normalized spacial score (nSPS) is 17.0. The predicted molar refractivity (Wildman–Crippen MR) is 64.0 cm³/mol. The summed E-state index contributed by atoms with van der Waals surface area (Å²) in [5, 5.41) is 0. The van der Waals surface area contributed by atoms with Gasteiger partial charge in [0, 0.05) is 0 Å². The van der Waals surface area contributed by atoms with Crippen LogP contribution in [-0.2, 0) is 5.41 Å². The summed E-state index contributed by atoms with van der Waals surface area (Å²) >= 11 is 0. The van der Waals surface area contributed by atoms with E-state index in [0.29, 0.717) is 5.41 Å². The van der Waals surface area contributed by atoms with Gasteiger partial charge in [0.05, 0.1) is 17.4 Å². The first kappa shape index (κ1) is 10.2. The summed E-state index contributed by atoms with van der Waals surface area (Å²) in [6, 6.07) is 6.54. The lowest BCUT2D eigenvalue weighted by molar-refractivity contribution is 0.789. The predicted octanol–water partition coefficient (Wildman–Crippen LogP) is 3.64. The van der Waals surface area contributed by atoms with Gasteiger partial charge in [-0.3, -0.25) is 0 Å². The van der Waals surface area contributed by atoms with Gasteiger partial charge in [0.2, 0.25) is 0 Å². The van der Waals surface area contributed by atoms with Crippen molar-refractivity contribution < 1.29 is 0 Å². The Labute approximate surface area is 90.7 Å². The molecule has 0 aliphatic heterocycles. The Morgan fingerprint density at radius 2 is 2.00 bits per heavy atom. The molecule has 0 amide bonds. The molecule has 2 heteroatoms. The van der Waals surface area contributed by atoms with E-state index in [1.54, 1.807) is 6.33 Å². The van der Waals surface area contributed by atoms with Gasteiger partial charge in [-0.05, 0) is 36.0 Å². The third-order valence-corrected chi connectivity index (χ3v) is 3.12. The fourth-order valence-corrected chi connectivity index (χ4v) is 1.79. The largest absolute Gasteiger partial charge is 0.345 e. The second kappa shape index (κ2) is 3.69. The summed E-state index contributed by atoms with van der Waals surface area (Å²) in [4.78, 5) is 7.36. The highest BCUT2D eigenvalue weighted by atomic mass is 14.9. The topological polar surface area (TPSA) is 28.7 Å². The zero-order chi connectivity index (χ0) is 10.9. The number of fused-ring (bicyclic) bond motifs is 1. The lowest BCUT2D eigenvalue weighted by Crippen LogP contribution is -1.98. The van der Waals surface area contributed by atoms with Crippen molar-refractivity contribution in [1.82, 2.24) is 9.97 Å². The van der Waals surface area contributed by atoms with Crippen molar-refractivity contribution in [2.24, 2.45) is 0 Å². The van der Waals surface area contributed by atoms with Gasteiger partial charge in [-0.2, -0.15) is 0 Å². The van der Waals surface area contributed by atoms with E-state index in [1.165, 1.54) is 18.4 Å². The maximum atomic E-state index is 4.21. The Morgan fingerprint density at radius 1 is 1.27 bits per heavy atom. The number of H-pyrrole nitrogens is 1. The van der Waals surface area contributed by atoms with Crippen molar-refractivity contribution in [1.29, 1.82) is 0 Å².